The number of nitrogens with two attached hydrogens (primary N) is 2. The second-order valence-corrected chi connectivity index (χ2v) is 10.2. The van der Waals surface area contributed by atoms with E-state index in [0.717, 1.165) is 49.4 Å². The first-order valence-corrected chi connectivity index (χ1v) is 13.3. The van der Waals surface area contributed by atoms with Gasteiger partial charge in [0.1, 0.15) is 17.7 Å². The average molecular weight is 533 g/mol. The molecule has 0 saturated carbocycles. The average Bonchev–Trinajstić information content (AvgIpc) is 2.88. The predicted octanol–water partition coefficient (Wildman–Crippen LogP) is 2.97. The first-order chi connectivity index (χ1) is 18.1. The van der Waals surface area contributed by atoms with Crippen molar-refractivity contribution in [3.63, 3.8) is 0 Å². The van der Waals surface area contributed by atoms with Crippen molar-refractivity contribution in [3.8, 4) is 0 Å². The SMILES string of the molecule is CCCC(CCC)(CNC(=O)CC(N)Cc1cc(F)ccc1F)CNC(=O)C(O)C(N)Cc1ccccc1. The molecule has 0 bridgehead atoms. The lowest BCUT2D eigenvalue weighted by molar-refractivity contribution is -0.130. The van der Waals surface area contributed by atoms with E-state index < -0.39 is 41.1 Å². The van der Waals surface area contributed by atoms with E-state index in [1.165, 1.54) is 0 Å². The van der Waals surface area contributed by atoms with Crippen LogP contribution in [0.3, 0.4) is 0 Å². The van der Waals surface area contributed by atoms with Crippen LogP contribution < -0.4 is 22.1 Å². The fourth-order valence-corrected chi connectivity index (χ4v) is 4.82. The highest BCUT2D eigenvalue weighted by molar-refractivity contribution is 5.81. The Balaban J connectivity index is 1.94. The molecule has 0 radical (unpaired) electrons. The molecule has 210 valence electrons. The van der Waals surface area contributed by atoms with Crippen LogP contribution in [-0.4, -0.2) is 48.2 Å². The van der Waals surface area contributed by atoms with Gasteiger partial charge in [-0.15, -0.1) is 0 Å². The molecule has 2 rings (SSSR count). The molecule has 9 heteroatoms. The molecule has 38 heavy (non-hydrogen) atoms. The zero-order chi connectivity index (χ0) is 28.1. The molecule has 2 amide bonds. The molecule has 3 unspecified atom stereocenters. The summed E-state index contributed by atoms with van der Waals surface area (Å²) in [6, 6.07) is 11.1. The van der Waals surface area contributed by atoms with E-state index in [2.05, 4.69) is 10.6 Å². The predicted molar refractivity (Wildman–Crippen MR) is 145 cm³/mol. The van der Waals surface area contributed by atoms with E-state index in [1.54, 1.807) is 0 Å². The van der Waals surface area contributed by atoms with E-state index in [0.29, 0.717) is 13.0 Å². The van der Waals surface area contributed by atoms with E-state index in [9.17, 15) is 23.5 Å². The topological polar surface area (TPSA) is 130 Å². The van der Waals surface area contributed by atoms with Crippen LogP contribution >= 0.6 is 0 Å². The van der Waals surface area contributed by atoms with Crippen LogP contribution in [0.2, 0.25) is 0 Å². The zero-order valence-electron chi connectivity index (χ0n) is 22.4. The van der Waals surface area contributed by atoms with E-state index in [1.807, 2.05) is 44.2 Å². The third kappa shape index (κ3) is 10.1. The van der Waals surface area contributed by atoms with Crippen LogP contribution in [0.15, 0.2) is 48.5 Å². The number of aliphatic hydroxyl groups is 1. The number of amides is 2. The molecule has 0 aliphatic carbocycles. The maximum Gasteiger partial charge on any atom is 0.250 e. The van der Waals surface area contributed by atoms with Gasteiger partial charge in [-0.3, -0.25) is 9.59 Å². The lowest BCUT2D eigenvalue weighted by Crippen LogP contribution is -2.52. The second kappa shape index (κ2) is 15.5. The van der Waals surface area contributed by atoms with Crippen molar-refractivity contribution in [2.45, 2.75) is 77.0 Å². The molecule has 2 aromatic rings. The number of carbonyl (C=O) groups excluding carboxylic acids is 2. The number of nitrogens with one attached hydrogen (secondary N) is 2. The third-order valence-electron chi connectivity index (χ3n) is 6.78. The van der Waals surface area contributed by atoms with Gasteiger partial charge in [-0.05, 0) is 55.0 Å². The Bertz CT molecular complexity index is 1020. The molecule has 0 fully saturated rings. The molecule has 7 nitrogen and oxygen atoms in total. The van der Waals surface area contributed by atoms with Gasteiger partial charge in [0, 0.05) is 37.0 Å². The summed E-state index contributed by atoms with van der Waals surface area (Å²) in [7, 11) is 0. The maximum absolute atomic E-state index is 13.9. The van der Waals surface area contributed by atoms with Crippen LogP contribution in [0, 0.1) is 17.0 Å². The molecule has 0 aliphatic heterocycles. The van der Waals surface area contributed by atoms with Crippen molar-refractivity contribution < 1.29 is 23.5 Å². The smallest absolute Gasteiger partial charge is 0.250 e. The van der Waals surface area contributed by atoms with Crippen LogP contribution in [0.1, 0.15) is 57.1 Å². The van der Waals surface area contributed by atoms with Gasteiger partial charge in [-0.25, -0.2) is 8.78 Å². The molecular weight excluding hydrogens is 490 g/mol. The maximum atomic E-state index is 13.9. The zero-order valence-corrected chi connectivity index (χ0v) is 22.4. The highest BCUT2D eigenvalue weighted by atomic mass is 19.1. The van der Waals surface area contributed by atoms with Crippen molar-refractivity contribution in [3.05, 3.63) is 71.3 Å². The van der Waals surface area contributed by atoms with Crippen molar-refractivity contribution >= 4 is 11.8 Å². The molecule has 0 spiro atoms. The summed E-state index contributed by atoms with van der Waals surface area (Å²) in [6.45, 7) is 4.63. The van der Waals surface area contributed by atoms with Gasteiger partial charge >= 0.3 is 0 Å². The van der Waals surface area contributed by atoms with Crippen molar-refractivity contribution in [2.24, 2.45) is 16.9 Å². The van der Waals surface area contributed by atoms with Gasteiger partial charge < -0.3 is 27.2 Å². The van der Waals surface area contributed by atoms with E-state index in [4.69, 9.17) is 11.5 Å². The molecule has 0 aliphatic rings. The van der Waals surface area contributed by atoms with Gasteiger partial charge in [-0.2, -0.15) is 0 Å². The van der Waals surface area contributed by atoms with Crippen LogP contribution in [0.25, 0.3) is 0 Å². The summed E-state index contributed by atoms with van der Waals surface area (Å²) in [5, 5.41) is 16.3. The van der Waals surface area contributed by atoms with Crippen molar-refractivity contribution in [1.29, 1.82) is 0 Å². The molecule has 7 N–H and O–H groups in total. The summed E-state index contributed by atoms with van der Waals surface area (Å²) < 4.78 is 27.4. The Hall–Kier alpha value is -2.88. The van der Waals surface area contributed by atoms with Crippen molar-refractivity contribution in [1.82, 2.24) is 10.6 Å². The number of halogens is 2. The largest absolute Gasteiger partial charge is 0.382 e. The van der Waals surface area contributed by atoms with Gasteiger partial charge in [-0.1, -0.05) is 57.0 Å². The Morgan fingerprint density at radius 3 is 2.21 bits per heavy atom. The van der Waals surface area contributed by atoms with Gasteiger partial charge in [0.25, 0.3) is 0 Å². The molecule has 0 aromatic heterocycles. The summed E-state index contributed by atoms with van der Waals surface area (Å²) in [5.74, 6) is -1.97. The minimum Gasteiger partial charge on any atom is -0.382 e. The van der Waals surface area contributed by atoms with Gasteiger partial charge in [0.2, 0.25) is 11.8 Å². The Morgan fingerprint density at radius 1 is 0.947 bits per heavy atom. The number of benzene rings is 2. The Labute approximate surface area is 224 Å². The summed E-state index contributed by atoms with van der Waals surface area (Å²) >= 11 is 0. The molecule has 3 atom stereocenters. The first-order valence-electron chi connectivity index (χ1n) is 13.3. The number of rotatable bonds is 16. The summed E-state index contributed by atoms with van der Waals surface area (Å²) in [6.07, 6.45) is 2.13. The fourth-order valence-electron chi connectivity index (χ4n) is 4.82. The lowest BCUT2D eigenvalue weighted by Gasteiger charge is -2.35. The van der Waals surface area contributed by atoms with Crippen molar-refractivity contribution in [2.75, 3.05) is 13.1 Å². The standard InChI is InChI=1S/C29H42F2N4O3/c1-3-12-29(13-4-2,19-35-28(38)27(37)25(33)14-20-8-6-5-7-9-20)18-34-26(36)17-23(32)16-21-15-22(30)10-11-24(21)31/h5-11,15,23,25,27,37H,3-4,12-14,16-19,32-33H2,1-2H3,(H,34,36)(H,35,38). The minimum atomic E-state index is -1.37. The van der Waals surface area contributed by atoms with E-state index in [-0.39, 0.29) is 30.9 Å². The van der Waals surface area contributed by atoms with Crippen LogP contribution in [0.4, 0.5) is 8.78 Å². The quantitative estimate of drug-likeness (QED) is 0.227. The second-order valence-electron chi connectivity index (χ2n) is 10.2. The molecular formula is C29H42F2N4O3. The fraction of sp³-hybridized carbons (Fsp3) is 0.517. The third-order valence-corrected chi connectivity index (χ3v) is 6.78. The van der Waals surface area contributed by atoms with Gasteiger partial charge in [0.15, 0.2) is 0 Å². The number of aliphatic hydroxyl groups excluding tert-OH is 1. The first kappa shape index (κ1) is 31.3. The van der Waals surface area contributed by atoms with E-state index >= 15 is 0 Å². The molecule has 0 heterocycles. The lowest BCUT2D eigenvalue weighted by atomic mass is 9.78. The highest BCUT2D eigenvalue weighted by Crippen LogP contribution is 2.29. The number of hydrogen-bond acceptors (Lipinski definition) is 5. The Morgan fingerprint density at radius 2 is 1.58 bits per heavy atom. The number of hydrogen-bond donors (Lipinski definition) is 5. The van der Waals surface area contributed by atoms with Crippen LogP contribution in [0.5, 0.6) is 0 Å². The molecule has 0 saturated heterocycles. The van der Waals surface area contributed by atoms with Gasteiger partial charge in [0.05, 0.1) is 0 Å². The monoisotopic (exact) mass is 532 g/mol. The number of carbonyl (C=O) groups is 2. The normalized spacial score (nSPS) is 14.0. The van der Waals surface area contributed by atoms with Crippen LogP contribution in [-0.2, 0) is 22.4 Å². The summed E-state index contributed by atoms with van der Waals surface area (Å²) in [4.78, 5) is 25.4. The highest BCUT2D eigenvalue weighted by Gasteiger charge is 2.32. The Kier molecular flexibility index (Phi) is 12.8. The summed E-state index contributed by atoms with van der Waals surface area (Å²) in [5.41, 5.74) is 12.8. The minimum absolute atomic E-state index is 0.0310. The molecule has 2 aromatic carbocycles.